The van der Waals surface area contributed by atoms with Crippen LogP contribution in [0.5, 0.6) is 0 Å². The van der Waals surface area contributed by atoms with Gasteiger partial charge in [0.05, 0.1) is 0 Å². The fourth-order valence-corrected chi connectivity index (χ4v) is 3.69. The molecule has 1 aromatic heterocycles. The van der Waals surface area contributed by atoms with E-state index in [1.54, 1.807) is 0 Å². The van der Waals surface area contributed by atoms with E-state index in [4.69, 9.17) is 4.52 Å². The van der Waals surface area contributed by atoms with Crippen molar-refractivity contribution >= 4 is 11.8 Å². The monoisotopic (exact) mass is 426 g/mol. The molecule has 1 aromatic carbocycles. The summed E-state index contributed by atoms with van der Waals surface area (Å²) in [6.07, 6.45) is 4.64. The normalized spacial score (nSPS) is 15.1. The van der Waals surface area contributed by atoms with Gasteiger partial charge in [0.2, 0.25) is 17.7 Å². The number of benzene rings is 1. The first kappa shape index (κ1) is 23.0. The van der Waals surface area contributed by atoms with Crippen molar-refractivity contribution in [3.63, 3.8) is 0 Å². The van der Waals surface area contributed by atoms with E-state index in [9.17, 15) is 9.59 Å². The lowest BCUT2D eigenvalue weighted by Gasteiger charge is -2.32. The summed E-state index contributed by atoms with van der Waals surface area (Å²) in [6.45, 7) is 7.51. The van der Waals surface area contributed by atoms with Gasteiger partial charge in [-0.25, -0.2) is 0 Å². The van der Waals surface area contributed by atoms with Crippen molar-refractivity contribution < 1.29 is 14.1 Å². The average molecular weight is 427 g/mol. The summed E-state index contributed by atoms with van der Waals surface area (Å²) in [4.78, 5) is 31.1. The van der Waals surface area contributed by atoms with Crippen LogP contribution in [0, 0.1) is 0 Å². The molecule has 7 nitrogen and oxygen atoms in total. The Morgan fingerprint density at radius 1 is 1.10 bits per heavy atom. The van der Waals surface area contributed by atoms with Crippen LogP contribution < -0.4 is 5.32 Å². The summed E-state index contributed by atoms with van der Waals surface area (Å²) in [5.41, 5.74) is 1.03. The number of rotatable bonds is 8. The number of piperidine rings is 1. The van der Waals surface area contributed by atoms with Crippen LogP contribution in [-0.4, -0.2) is 46.0 Å². The summed E-state index contributed by atoms with van der Waals surface area (Å²) in [5.74, 6) is 1.53. The van der Waals surface area contributed by atoms with Gasteiger partial charge in [0.1, 0.15) is 0 Å². The highest BCUT2D eigenvalue weighted by Gasteiger charge is 2.24. The third-order valence-corrected chi connectivity index (χ3v) is 5.62. The first-order valence-corrected chi connectivity index (χ1v) is 11.3. The predicted molar refractivity (Wildman–Crippen MR) is 118 cm³/mol. The molecule has 0 atom stereocenters. The molecule has 2 heterocycles. The van der Waals surface area contributed by atoms with Crippen LogP contribution in [0.3, 0.4) is 0 Å². The van der Waals surface area contributed by atoms with Crippen molar-refractivity contribution in [2.75, 3.05) is 13.1 Å². The second-order valence-electron chi connectivity index (χ2n) is 9.32. The maximum atomic E-state index is 12.5. The standard InChI is InChI=1S/C24H34N4O3/c1-24(2,3)23-26-21(31-27-23)10-7-11-22(30)28-16-14-19(15-17-28)25-20(29)13-12-18-8-5-4-6-9-18/h4-6,8-9,19H,7,10-17H2,1-3H3,(H,25,29). The molecular formula is C24H34N4O3. The van der Waals surface area contributed by atoms with Gasteiger partial charge in [-0.05, 0) is 31.2 Å². The van der Waals surface area contributed by atoms with Crippen molar-refractivity contribution in [2.45, 2.75) is 77.2 Å². The molecule has 1 aliphatic rings. The molecule has 0 radical (unpaired) electrons. The molecule has 31 heavy (non-hydrogen) atoms. The fraction of sp³-hybridized carbons (Fsp3) is 0.583. The minimum atomic E-state index is -0.140. The zero-order valence-electron chi connectivity index (χ0n) is 18.9. The minimum absolute atomic E-state index is 0.0859. The largest absolute Gasteiger partial charge is 0.353 e. The van der Waals surface area contributed by atoms with Crippen molar-refractivity contribution in [1.29, 1.82) is 0 Å². The average Bonchev–Trinajstić information content (AvgIpc) is 3.23. The van der Waals surface area contributed by atoms with Gasteiger partial charge in [0, 0.05) is 43.8 Å². The summed E-state index contributed by atoms with van der Waals surface area (Å²) < 4.78 is 5.29. The molecule has 0 bridgehead atoms. The molecule has 2 aromatic rings. The maximum Gasteiger partial charge on any atom is 0.226 e. The molecule has 1 fully saturated rings. The molecule has 1 aliphatic heterocycles. The molecule has 0 aliphatic carbocycles. The van der Waals surface area contributed by atoms with E-state index in [2.05, 4.69) is 15.5 Å². The van der Waals surface area contributed by atoms with Gasteiger partial charge < -0.3 is 14.7 Å². The Morgan fingerprint density at radius 3 is 2.45 bits per heavy atom. The summed E-state index contributed by atoms with van der Waals surface area (Å²) in [5, 5.41) is 7.14. The third kappa shape index (κ3) is 7.19. The number of carbonyl (C=O) groups is 2. The fourth-order valence-electron chi connectivity index (χ4n) is 3.69. The number of likely N-dealkylation sites (tertiary alicyclic amines) is 1. The molecule has 0 unspecified atom stereocenters. The van der Waals surface area contributed by atoms with Gasteiger partial charge in [0.15, 0.2) is 5.82 Å². The van der Waals surface area contributed by atoms with Crippen LogP contribution in [0.2, 0.25) is 0 Å². The highest BCUT2D eigenvalue weighted by Crippen LogP contribution is 2.19. The number of aromatic nitrogens is 2. The molecule has 0 saturated carbocycles. The van der Waals surface area contributed by atoms with Gasteiger partial charge in [-0.2, -0.15) is 4.98 Å². The van der Waals surface area contributed by atoms with Crippen LogP contribution in [0.1, 0.15) is 70.2 Å². The molecule has 0 spiro atoms. The van der Waals surface area contributed by atoms with E-state index >= 15 is 0 Å². The lowest BCUT2D eigenvalue weighted by molar-refractivity contribution is -0.132. The first-order valence-electron chi connectivity index (χ1n) is 11.3. The van der Waals surface area contributed by atoms with Gasteiger partial charge in [-0.3, -0.25) is 9.59 Å². The number of hydrogen-bond acceptors (Lipinski definition) is 5. The van der Waals surface area contributed by atoms with Crippen molar-refractivity contribution in [2.24, 2.45) is 0 Å². The Balaban J connectivity index is 1.32. The number of hydrogen-bond donors (Lipinski definition) is 1. The van der Waals surface area contributed by atoms with Crippen molar-refractivity contribution in [3.05, 3.63) is 47.6 Å². The molecule has 168 valence electrons. The van der Waals surface area contributed by atoms with Gasteiger partial charge >= 0.3 is 0 Å². The van der Waals surface area contributed by atoms with Crippen LogP contribution >= 0.6 is 0 Å². The molecule has 7 heteroatoms. The Bertz CT molecular complexity index is 849. The predicted octanol–water partition coefficient (Wildman–Crippen LogP) is 3.43. The van der Waals surface area contributed by atoms with E-state index in [-0.39, 0.29) is 23.3 Å². The highest BCUT2D eigenvalue weighted by molar-refractivity contribution is 5.77. The topological polar surface area (TPSA) is 88.3 Å². The number of carbonyl (C=O) groups excluding carboxylic acids is 2. The number of aryl methyl sites for hydroxylation is 2. The second kappa shape index (κ2) is 10.6. The molecule has 1 saturated heterocycles. The summed E-state index contributed by atoms with van der Waals surface area (Å²) in [7, 11) is 0. The van der Waals surface area contributed by atoms with Crippen LogP contribution in [-0.2, 0) is 27.8 Å². The van der Waals surface area contributed by atoms with Gasteiger partial charge in [0.25, 0.3) is 0 Å². The minimum Gasteiger partial charge on any atom is -0.353 e. The van der Waals surface area contributed by atoms with E-state index in [1.165, 1.54) is 5.56 Å². The number of nitrogens with one attached hydrogen (secondary N) is 1. The molecular weight excluding hydrogens is 392 g/mol. The van der Waals surface area contributed by atoms with E-state index in [0.717, 1.165) is 19.3 Å². The van der Waals surface area contributed by atoms with Crippen molar-refractivity contribution in [3.8, 4) is 0 Å². The Kier molecular flexibility index (Phi) is 7.82. The van der Waals surface area contributed by atoms with Crippen LogP contribution in [0.4, 0.5) is 0 Å². The van der Waals surface area contributed by atoms with Gasteiger partial charge in [-0.15, -0.1) is 0 Å². The molecule has 3 rings (SSSR count). The Hall–Kier alpha value is -2.70. The third-order valence-electron chi connectivity index (χ3n) is 5.62. The number of amides is 2. The summed E-state index contributed by atoms with van der Waals surface area (Å²) in [6, 6.07) is 10.2. The van der Waals surface area contributed by atoms with E-state index in [0.29, 0.717) is 50.5 Å². The Morgan fingerprint density at radius 2 is 1.81 bits per heavy atom. The Labute approximate surface area is 184 Å². The SMILES string of the molecule is CC(C)(C)c1noc(CCCC(=O)N2CCC(NC(=O)CCc3ccccc3)CC2)n1. The number of nitrogens with zero attached hydrogens (tertiary/aromatic N) is 3. The molecule has 2 amide bonds. The second-order valence-corrected chi connectivity index (χ2v) is 9.32. The summed E-state index contributed by atoms with van der Waals surface area (Å²) >= 11 is 0. The zero-order valence-corrected chi connectivity index (χ0v) is 18.9. The van der Waals surface area contributed by atoms with E-state index in [1.807, 2.05) is 56.0 Å². The van der Waals surface area contributed by atoms with Crippen LogP contribution in [0.15, 0.2) is 34.9 Å². The quantitative estimate of drug-likeness (QED) is 0.699. The lowest BCUT2D eigenvalue weighted by Crippen LogP contribution is -2.46. The molecule has 1 N–H and O–H groups in total. The van der Waals surface area contributed by atoms with Crippen LogP contribution in [0.25, 0.3) is 0 Å². The van der Waals surface area contributed by atoms with E-state index < -0.39 is 0 Å². The maximum absolute atomic E-state index is 12.5. The van der Waals surface area contributed by atoms with Crippen molar-refractivity contribution in [1.82, 2.24) is 20.4 Å². The smallest absolute Gasteiger partial charge is 0.226 e. The highest BCUT2D eigenvalue weighted by atomic mass is 16.5. The zero-order chi connectivity index (χ0) is 22.3. The first-order chi connectivity index (χ1) is 14.8. The lowest BCUT2D eigenvalue weighted by atomic mass is 9.96. The van der Waals surface area contributed by atoms with Gasteiger partial charge in [-0.1, -0.05) is 56.3 Å².